The maximum absolute atomic E-state index is 12.0. The fraction of sp³-hybridized carbons (Fsp3) is 0. The van der Waals surface area contributed by atoms with Crippen molar-refractivity contribution in [2.45, 2.75) is 0 Å². The largest absolute Gasteiger partial charge is 0.321 e. The Hall–Kier alpha value is -2.42. The summed E-state index contributed by atoms with van der Waals surface area (Å²) < 4.78 is 0. The SMILES string of the molecule is O=C(Nc1cccnc1)C1=CC=C2C=CC=C21. The summed E-state index contributed by atoms with van der Waals surface area (Å²) in [5.74, 6) is -0.0980. The van der Waals surface area contributed by atoms with Gasteiger partial charge in [-0.3, -0.25) is 9.78 Å². The standard InChI is InChI=1S/C14H10N2O/c17-14(16-11-4-2-8-15-9-11)13-7-6-10-3-1-5-12(10)13/h1-9H,(H,16,17). The van der Waals surface area contributed by atoms with Crippen LogP contribution < -0.4 is 5.32 Å². The molecule has 1 aromatic heterocycles. The van der Waals surface area contributed by atoms with Gasteiger partial charge in [-0.1, -0.05) is 24.3 Å². The minimum Gasteiger partial charge on any atom is -0.321 e. The molecule has 0 bridgehead atoms. The predicted molar refractivity (Wildman–Crippen MR) is 66.3 cm³/mol. The Bertz CT molecular complexity index is 592. The van der Waals surface area contributed by atoms with Crippen LogP contribution in [0.25, 0.3) is 0 Å². The lowest BCUT2D eigenvalue weighted by Gasteiger charge is -2.07. The molecule has 0 aromatic carbocycles. The topological polar surface area (TPSA) is 42.0 Å². The van der Waals surface area contributed by atoms with Gasteiger partial charge in [-0.2, -0.15) is 0 Å². The van der Waals surface area contributed by atoms with E-state index in [1.54, 1.807) is 18.5 Å². The van der Waals surface area contributed by atoms with E-state index in [1.165, 1.54) is 0 Å². The van der Waals surface area contributed by atoms with E-state index in [9.17, 15) is 4.79 Å². The lowest BCUT2D eigenvalue weighted by molar-refractivity contribution is -0.112. The van der Waals surface area contributed by atoms with Crippen LogP contribution in [0.2, 0.25) is 0 Å². The second-order valence-corrected chi connectivity index (χ2v) is 3.84. The van der Waals surface area contributed by atoms with Crippen LogP contribution in [0.5, 0.6) is 0 Å². The number of carbonyl (C=O) groups is 1. The highest BCUT2D eigenvalue weighted by Crippen LogP contribution is 2.31. The fourth-order valence-electron chi connectivity index (χ4n) is 1.92. The first-order chi connectivity index (χ1) is 8.34. The Labute approximate surface area is 98.9 Å². The molecule has 0 saturated heterocycles. The van der Waals surface area contributed by atoms with Crippen molar-refractivity contribution in [2.75, 3.05) is 5.32 Å². The Kier molecular flexibility index (Phi) is 2.22. The van der Waals surface area contributed by atoms with Gasteiger partial charge in [0.25, 0.3) is 5.91 Å². The average Bonchev–Trinajstić information content (AvgIpc) is 2.91. The number of nitrogens with zero attached hydrogens (tertiary/aromatic N) is 1. The van der Waals surface area contributed by atoms with E-state index in [0.29, 0.717) is 11.3 Å². The van der Waals surface area contributed by atoms with Crippen molar-refractivity contribution in [3.8, 4) is 0 Å². The highest BCUT2D eigenvalue weighted by atomic mass is 16.1. The molecule has 0 aliphatic heterocycles. The van der Waals surface area contributed by atoms with Gasteiger partial charge in [0.2, 0.25) is 0 Å². The van der Waals surface area contributed by atoms with Crippen LogP contribution in [0.4, 0.5) is 5.69 Å². The van der Waals surface area contributed by atoms with Crippen LogP contribution >= 0.6 is 0 Å². The van der Waals surface area contributed by atoms with E-state index in [4.69, 9.17) is 0 Å². The molecule has 0 spiro atoms. The summed E-state index contributed by atoms with van der Waals surface area (Å²) in [4.78, 5) is 16.0. The molecule has 0 radical (unpaired) electrons. The van der Waals surface area contributed by atoms with Crippen molar-refractivity contribution >= 4 is 11.6 Å². The molecule has 2 aliphatic carbocycles. The Balaban J connectivity index is 1.77. The zero-order chi connectivity index (χ0) is 11.7. The average molecular weight is 222 g/mol. The summed E-state index contributed by atoms with van der Waals surface area (Å²) in [5, 5.41) is 2.82. The molecule has 17 heavy (non-hydrogen) atoms. The van der Waals surface area contributed by atoms with E-state index < -0.39 is 0 Å². The predicted octanol–water partition coefficient (Wildman–Crippen LogP) is 2.38. The molecule has 3 rings (SSSR count). The number of allylic oxidation sites excluding steroid dienone is 6. The molecule has 1 amide bonds. The van der Waals surface area contributed by atoms with E-state index in [1.807, 2.05) is 36.4 Å². The number of amides is 1. The highest BCUT2D eigenvalue weighted by Gasteiger charge is 2.21. The molecule has 2 aliphatic rings. The van der Waals surface area contributed by atoms with Crippen molar-refractivity contribution in [3.63, 3.8) is 0 Å². The number of hydrogen-bond acceptors (Lipinski definition) is 2. The summed E-state index contributed by atoms with van der Waals surface area (Å²) >= 11 is 0. The number of hydrogen-bond donors (Lipinski definition) is 1. The Morgan fingerprint density at radius 1 is 1.24 bits per heavy atom. The molecular formula is C14H10N2O. The van der Waals surface area contributed by atoms with Gasteiger partial charge in [-0.05, 0) is 29.4 Å². The van der Waals surface area contributed by atoms with Crippen molar-refractivity contribution in [3.05, 3.63) is 71.6 Å². The van der Waals surface area contributed by atoms with Gasteiger partial charge in [0.1, 0.15) is 0 Å². The summed E-state index contributed by atoms with van der Waals surface area (Å²) in [6.07, 6.45) is 13.0. The van der Waals surface area contributed by atoms with Gasteiger partial charge in [0, 0.05) is 11.8 Å². The third-order valence-corrected chi connectivity index (χ3v) is 2.73. The van der Waals surface area contributed by atoms with Gasteiger partial charge in [-0.15, -0.1) is 0 Å². The van der Waals surface area contributed by atoms with Crippen molar-refractivity contribution in [1.29, 1.82) is 0 Å². The number of aromatic nitrogens is 1. The van der Waals surface area contributed by atoms with E-state index in [2.05, 4.69) is 10.3 Å². The van der Waals surface area contributed by atoms with Crippen molar-refractivity contribution in [2.24, 2.45) is 0 Å². The molecule has 1 N–H and O–H groups in total. The summed E-state index contributed by atoms with van der Waals surface area (Å²) in [7, 11) is 0. The zero-order valence-electron chi connectivity index (χ0n) is 9.05. The first kappa shape index (κ1) is 9.78. The minimum absolute atomic E-state index is 0.0980. The molecule has 3 heteroatoms. The van der Waals surface area contributed by atoms with Crippen LogP contribution in [-0.2, 0) is 4.79 Å². The summed E-state index contributed by atoms with van der Waals surface area (Å²) in [6, 6.07) is 3.61. The van der Waals surface area contributed by atoms with Crippen LogP contribution in [0, 0.1) is 0 Å². The highest BCUT2D eigenvalue weighted by molar-refractivity contribution is 6.09. The summed E-state index contributed by atoms with van der Waals surface area (Å²) in [5.41, 5.74) is 3.50. The smallest absolute Gasteiger partial charge is 0.256 e. The van der Waals surface area contributed by atoms with E-state index in [-0.39, 0.29) is 5.91 Å². The number of anilines is 1. The molecule has 0 fully saturated rings. The number of rotatable bonds is 2. The molecule has 0 atom stereocenters. The van der Waals surface area contributed by atoms with Gasteiger partial charge in [-0.25, -0.2) is 0 Å². The number of nitrogens with one attached hydrogen (secondary N) is 1. The molecule has 0 unspecified atom stereocenters. The fourth-order valence-corrected chi connectivity index (χ4v) is 1.92. The number of carbonyl (C=O) groups excluding carboxylic acids is 1. The third-order valence-electron chi connectivity index (χ3n) is 2.73. The molecule has 1 aromatic rings. The third kappa shape index (κ3) is 1.72. The monoisotopic (exact) mass is 222 g/mol. The van der Waals surface area contributed by atoms with Gasteiger partial charge >= 0.3 is 0 Å². The van der Waals surface area contributed by atoms with Crippen LogP contribution in [0.15, 0.2) is 71.6 Å². The second-order valence-electron chi connectivity index (χ2n) is 3.84. The lowest BCUT2D eigenvalue weighted by Crippen LogP contribution is -2.14. The second kappa shape index (κ2) is 3.87. The summed E-state index contributed by atoms with van der Waals surface area (Å²) in [6.45, 7) is 0. The minimum atomic E-state index is -0.0980. The quantitative estimate of drug-likeness (QED) is 0.834. The van der Waals surface area contributed by atoms with Crippen LogP contribution in [0.3, 0.4) is 0 Å². The molecular weight excluding hydrogens is 212 g/mol. The molecule has 0 saturated carbocycles. The first-order valence-electron chi connectivity index (χ1n) is 5.37. The lowest BCUT2D eigenvalue weighted by atomic mass is 10.1. The maximum Gasteiger partial charge on any atom is 0.256 e. The number of fused-ring (bicyclic) bond motifs is 1. The van der Waals surface area contributed by atoms with E-state index in [0.717, 1.165) is 11.1 Å². The van der Waals surface area contributed by atoms with Gasteiger partial charge in [0.05, 0.1) is 11.9 Å². The molecule has 3 nitrogen and oxygen atoms in total. The Morgan fingerprint density at radius 2 is 2.18 bits per heavy atom. The molecule has 82 valence electrons. The van der Waals surface area contributed by atoms with Gasteiger partial charge < -0.3 is 5.32 Å². The van der Waals surface area contributed by atoms with Crippen LogP contribution in [-0.4, -0.2) is 10.9 Å². The normalized spacial score (nSPS) is 16.1. The maximum atomic E-state index is 12.0. The van der Waals surface area contributed by atoms with Gasteiger partial charge in [0.15, 0.2) is 0 Å². The first-order valence-corrected chi connectivity index (χ1v) is 5.37. The van der Waals surface area contributed by atoms with Crippen LogP contribution in [0.1, 0.15) is 0 Å². The number of pyridine rings is 1. The van der Waals surface area contributed by atoms with Crippen molar-refractivity contribution < 1.29 is 4.79 Å². The van der Waals surface area contributed by atoms with E-state index >= 15 is 0 Å². The zero-order valence-corrected chi connectivity index (χ0v) is 9.05. The van der Waals surface area contributed by atoms with Crippen molar-refractivity contribution in [1.82, 2.24) is 4.98 Å². The Morgan fingerprint density at radius 3 is 3.00 bits per heavy atom. The molecule has 1 heterocycles.